The van der Waals surface area contributed by atoms with Crippen molar-refractivity contribution in [1.29, 1.82) is 0 Å². The Hall–Kier alpha value is -1.93. The van der Waals surface area contributed by atoms with Gasteiger partial charge in [-0.05, 0) is 19.3 Å². The Bertz CT molecular complexity index is 689. The molecule has 2 aromatic heterocycles. The third-order valence-corrected chi connectivity index (χ3v) is 5.13. The minimum absolute atomic E-state index is 0.659. The minimum atomic E-state index is 0.659. The molecule has 4 heterocycles. The Morgan fingerprint density at radius 2 is 2.00 bits per heavy atom. The first-order valence-electron chi connectivity index (χ1n) is 9.37. The molecule has 2 saturated heterocycles. The van der Waals surface area contributed by atoms with Gasteiger partial charge in [0.1, 0.15) is 5.52 Å². The van der Waals surface area contributed by atoms with Gasteiger partial charge in [0.15, 0.2) is 11.5 Å². The molecule has 0 saturated carbocycles. The predicted molar refractivity (Wildman–Crippen MR) is 98.1 cm³/mol. The monoisotopic (exact) mass is 345 g/mol. The van der Waals surface area contributed by atoms with E-state index in [2.05, 4.69) is 37.0 Å². The molecule has 136 valence electrons. The maximum absolute atomic E-state index is 5.47. The van der Waals surface area contributed by atoms with Gasteiger partial charge in [0.25, 0.3) is 0 Å². The molecule has 0 radical (unpaired) electrons. The molecule has 4 rings (SSSR count). The van der Waals surface area contributed by atoms with E-state index < -0.39 is 0 Å². The van der Waals surface area contributed by atoms with Crippen LogP contribution in [0, 0.1) is 0 Å². The van der Waals surface area contributed by atoms with Crippen LogP contribution in [-0.2, 0) is 4.74 Å². The largest absolute Gasteiger partial charge is 0.379 e. The molecule has 2 N–H and O–H groups in total. The zero-order valence-corrected chi connectivity index (χ0v) is 14.9. The first-order chi connectivity index (χ1) is 12.3. The van der Waals surface area contributed by atoms with Gasteiger partial charge in [-0.3, -0.25) is 4.90 Å². The minimum Gasteiger partial charge on any atom is -0.379 e. The molecular weight excluding hydrogens is 318 g/mol. The molecule has 0 unspecified atom stereocenters. The van der Waals surface area contributed by atoms with Gasteiger partial charge in [-0.15, -0.1) is 0 Å². The first kappa shape index (κ1) is 16.5. The van der Waals surface area contributed by atoms with Crippen LogP contribution in [0.5, 0.6) is 0 Å². The fourth-order valence-corrected chi connectivity index (χ4v) is 3.71. The lowest BCUT2D eigenvalue weighted by Crippen LogP contribution is -2.49. The molecule has 0 spiro atoms. The highest BCUT2D eigenvalue weighted by Gasteiger charge is 2.27. The quantitative estimate of drug-likeness (QED) is 0.849. The molecule has 0 aliphatic carbocycles. The number of fused-ring (bicyclic) bond motifs is 1. The summed E-state index contributed by atoms with van der Waals surface area (Å²) in [7, 11) is 0. The zero-order chi connectivity index (χ0) is 17.1. The summed E-state index contributed by atoms with van der Waals surface area (Å²) in [6, 6.07) is 0.659. The van der Waals surface area contributed by atoms with Gasteiger partial charge in [-0.1, -0.05) is 6.92 Å². The second-order valence-electron chi connectivity index (χ2n) is 6.77. The SMILES string of the molecule is CCCNc1nc(N2CCC(N3CCOCC3)CC2)nc2nc[nH]c12. The summed E-state index contributed by atoms with van der Waals surface area (Å²) in [6.07, 6.45) is 5.05. The number of ether oxygens (including phenoxy) is 1. The highest BCUT2D eigenvalue weighted by atomic mass is 16.5. The van der Waals surface area contributed by atoms with E-state index in [9.17, 15) is 0 Å². The second-order valence-corrected chi connectivity index (χ2v) is 6.77. The van der Waals surface area contributed by atoms with Crippen LogP contribution in [0.25, 0.3) is 11.2 Å². The Balaban J connectivity index is 1.46. The number of nitrogens with one attached hydrogen (secondary N) is 2. The number of hydrogen-bond acceptors (Lipinski definition) is 7. The van der Waals surface area contributed by atoms with Crippen LogP contribution in [0.15, 0.2) is 6.33 Å². The maximum Gasteiger partial charge on any atom is 0.229 e. The van der Waals surface area contributed by atoms with Crippen LogP contribution in [-0.4, -0.2) is 76.8 Å². The molecule has 25 heavy (non-hydrogen) atoms. The fourth-order valence-electron chi connectivity index (χ4n) is 3.71. The van der Waals surface area contributed by atoms with Crippen LogP contribution in [0.3, 0.4) is 0 Å². The van der Waals surface area contributed by atoms with E-state index in [1.165, 1.54) is 0 Å². The summed E-state index contributed by atoms with van der Waals surface area (Å²) >= 11 is 0. The number of aromatic amines is 1. The molecule has 8 nitrogen and oxygen atoms in total. The summed E-state index contributed by atoms with van der Waals surface area (Å²) in [5, 5.41) is 3.39. The van der Waals surface area contributed by atoms with E-state index in [1.807, 2.05) is 0 Å². The van der Waals surface area contributed by atoms with E-state index in [4.69, 9.17) is 9.72 Å². The number of anilines is 2. The fraction of sp³-hybridized carbons (Fsp3) is 0.706. The Labute approximate surface area is 148 Å². The topological polar surface area (TPSA) is 82.2 Å². The van der Waals surface area contributed by atoms with Crippen molar-refractivity contribution in [2.45, 2.75) is 32.2 Å². The van der Waals surface area contributed by atoms with E-state index in [0.717, 1.165) is 88.1 Å². The normalized spacial score (nSPS) is 20.3. The lowest BCUT2D eigenvalue weighted by molar-refractivity contribution is 0.0114. The summed E-state index contributed by atoms with van der Waals surface area (Å²) in [5.74, 6) is 1.65. The molecule has 2 aliphatic heterocycles. The molecule has 2 aliphatic rings. The predicted octanol–water partition coefficient (Wildman–Crippen LogP) is 1.48. The Morgan fingerprint density at radius 3 is 2.76 bits per heavy atom. The number of rotatable bonds is 5. The van der Waals surface area contributed by atoms with Crippen molar-refractivity contribution in [1.82, 2.24) is 24.8 Å². The molecule has 2 aromatic rings. The van der Waals surface area contributed by atoms with Gasteiger partial charge < -0.3 is 19.9 Å². The third kappa shape index (κ3) is 3.55. The van der Waals surface area contributed by atoms with Crippen molar-refractivity contribution in [2.24, 2.45) is 0 Å². The second kappa shape index (κ2) is 7.53. The number of H-pyrrole nitrogens is 1. The maximum atomic E-state index is 5.47. The number of hydrogen-bond donors (Lipinski definition) is 2. The third-order valence-electron chi connectivity index (χ3n) is 5.13. The van der Waals surface area contributed by atoms with Crippen LogP contribution < -0.4 is 10.2 Å². The highest BCUT2D eigenvalue weighted by molar-refractivity contribution is 5.83. The molecule has 8 heteroatoms. The number of piperidine rings is 1. The van der Waals surface area contributed by atoms with E-state index in [0.29, 0.717) is 6.04 Å². The summed E-state index contributed by atoms with van der Waals surface area (Å²) in [6.45, 7) is 8.88. The molecule has 0 amide bonds. The van der Waals surface area contributed by atoms with Gasteiger partial charge in [0, 0.05) is 38.8 Å². The van der Waals surface area contributed by atoms with Crippen molar-refractivity contribution in [3.63, 3.8) is 0 Å². The summed E-state index contributed by atoms with van der Waals surface area (Å²) in [4.78, 5) is 21.8. The number of aromatic nitrogens is 4. The van der Waals surface area contributed by atoms with Crippen LogP contribution >= 0.6 is 0 Å². The molecule has 0 aromatic carbocycles. The van der Waals surface area contributed by atoms with Crippen LogP contribution in [0.2, 0.25) is 0 Å². The van der Waals surface area contributed by atoms with Crippen molar-refractivity contribution >= 4 is 22.9 Å². The van der Waals surface area contributed by atoms with E-state index >= 15 is 0 Å². The van der Waals surface area contributed by atoms with Gasteiger partial charge in [0.05, 0.1) is 19.5 Å². The lowest BCUT2D eigenvalue weighted by atomic mass is 10.0. The van der Waals surface area contributed by atoms with Gasteiger partial charge >= 0.3 is 0 Å². The van der Waals surface area contributed by atoms with Gasteiger partial charge in [0.2, 0.25) is 5.95 Å². The number of imidazole rings is 1. The van der Waals surface area contributed by atoms with Crippen molar-refractivity contribution in [2.75, 3.05) is 56.2 Å². The number of morpholine rings is 1. The van der Waals surface area contributed by atoms with Crippen molar-refractivity contribution < 1.29 is 4.74 Å². The van der Waals surface area contributed by atoms with E-state index in [-0.39, 0.29) is 0 Å². The zero-order valence-electron chi connectivity index (χ0n) is 14.9. The first-order valence-corrected chi connectivity index (χ1v) is 9.37. The summed E-state index contributed by atoms with van der Waals surface area (Å²) in [5.41, 5.74) is 1.62. The average molecular weight is 345 g/mol. The van der Waals surface area contributed by atoms with Gasteiger partial charge in [-0.2, -0.15) is 9.97 Å². The average Bonchev–Trinajstić information content (AvgIpc) is 3.16. The summed E-state index contributed by atoms with van der Waals surface area (Å²) < 4.78 is 5.47. The Morgan fingerprint density at radius 1 is 1.20 bits per heavy atom. The Kier molecular flexibility index (Phi) is 4.98. The van der Waals surface area contributed by atoms with Gasteiger partial charge in [-0.25, -0.2) is 4.98 Å². The number of nitrogens with zero attached hydrogens (tertiary/aromatic N) is 5. The smallest absolute Gasteiger partial charge is 0.229 e. The molecule has 2 fully saturated rings. The van der Waals surface area contributed by atoms with Crippen molar-refractivity contribution in [3.8, 4) is 0 Å². The standard InChI is InChI=1S/C17H27N7O/c1-2-5-18-15-14-16(20-12-19-14)22-17(21-15)24-6-3-13(4-7-24)23-8-10-25-11-9-23/h12-13H,2-11H2,1H3,(H2,18,19,20,21,22). The molecule has 0 bridgehead atoms. The van der Waals surface area contributed by atoms with Crippen LogP contribution in [0.1, 0.15) is 26.2 Å². The molecular formula is C17H27N7O. The highest BCUT2D eigenvalue weighted by Crippen LogP contribution is 2.24. The van der Waals surface area contributed by atoms with Crippen LogP contribution in [0.4, 0.5) is 11.8 Å². The van der Waals surface area contributed by atoms with E-state index in [1.54, 1.807) is 6.33 Å². The lowest BCUT2D eigenvalue weighted by Gasteiger charge is -2.40. The van der Waals surface area contributed by atoms with Crippen molar-refractivity contribution in [3.05, 3.63) is 6.33 Å². The molecule has 0 atom stereocenters.